The van der Waals surface area contributed by atoms with Crippen LogP contribution >= 0.6 is 0 Å². The summed E-state index contributed by atoms with van der Waals surface area (Å²) in [6, 6.07) is 0. The largest absolute Gasteiger partial charge is 0.311 e. The SMILES string of the molecule is [C-]#[N+]C(=C=N)C=O. The Bertz CT molecular complexity index is 159. The van der Waals surface area contributed by atoms with Crippen molar-refractivity contribution in [3.63, 3.8) is 0 Å². The highest BCUT2D eigenvalue weighted by Crippen LogP contribution is 1.78. The highest BCUT2D eigenvalue weighted by atomic mass is 16.1. The molecule has 0 aromatic heterocycles. The fourth-order valence-electron chi connectivity index (χ4n) is 0.0838. The van der Waals surface area contributed by atoms with Gasteiger partial charge in [0.05, 0.1) is 6.57 Å². The molecular weight excluding hydrogens is 92.1 g/mol. The van der Waals surface area contributed by atoms with E-state index in [9.17, 15) is 4.79 Å². The molecule has 0 rings (SSSR count). The molecule has 7 heavy (non-hydrogen) atoms. The minimum absolute atomic E-state index is 0.292. The lowest BCUT2D eigenvalue weighted by Crippen LogP contribution is -1.72. The lowest BCUT2D eigenvalue weighted by molar-refractivity contribution is -0.104. The second kappa shape index (κ2) is 2.83. The number of nitrogens with one attached hydrogen (secondary N) is 1. The van der Waals surface area contributed by atoms with E-state index in [2.05, 4.69) is 4.85 Å². The molecule has 0 aromatic carbocycles. The van der Waals surface area contributed by atoms with E-state index in [1.54, 1.807) is 5.87 Å². The molecule has 0 spiro atoms. The highest BCUT2D eigenvalue weighted by molar-refractivity contribution is 5.88. The van der Waals surface area contributed by atoms with Crippen molar-refractivity contribution in [3.05, 3.63) is 17.1 Å². The van der Waals surface area contributed by atoms with E-state index in [0.717, 1.165) is 0 Å². The number of rotatable bonds is 1. The second-order valence-electron chi connectivity index (χ2n) is 0.740. The van der Waals surface area contributed by atoms with Gasteiger partial charge >= 0.3 is 0 Å². The van der Waals surface area contributed by atoms with Crippen LogP contribution in [0.4, 0.5) is 0 Å². The molecule has 0 heterocycles. The molecule has 0 radical (unpaired) electrons. The second-order valence-corrected chi connectivity index (χ2v) is 0.740. The molecule has 0 aromatic rings. The molecule has 0 saturated carbocycles. The molecule has 3 heteroatoms. The Hall–Kier alpha value is -1.39. The number of nitrogens with zero attached hydrogens (tertiary/aromatic N) is 1. The van der Waals surface area contributed by atoms with E-state index in [0.29, 0.717) is 6.29 Å². The van der Waals surface area contributed by atoms with Crippen LogP contribution < -0.4 is 0 Å². The first kappa shape index (κ1) is 5.61. The lowest BCUT2D eigenvalue weighted by Gasteiger charge is -1.64. The third-order valence-electron chi connectivity index (χ3n) is 0.360. The maximum Gasteiger partial charge on any atom is 0.285 e. The third kappa shape index (κ3) is 1.48. The summed E-state index contributed by atoms with van der Waals surface area (Å²) in [7, 11) is 0. The Morgan fingerprint density at radius 1 is 2.00 bits per heavy atom. The lowest BCUT2D eigenvalue weighted by atomic mass is 10.6. The molecular formula is C4H2N2O. The molecule has 0 unspecified atom stereocenters. The zero-order valence-corrected chi connectivity index (χ0v) is 3.43. The van der Waals surface area contributed by atoms with Crippen molar-refractivity contribution in [2.45, 2.75) is 0 Å². The number of carbonyl (C=O) groups is 1. The molecule has 0 amide bonds. The van der Waals surface area contributed by atoms with Gasteiger partial charge in [-0.25, -0.2) is 4.85 Å². The van der Waals surface area contributed by atoms with Crippen molar-refractivity contribution < 1.29 is 4.79 Å². The van der Waals surface area contributed by atoms with E-state index in [1.165, 1.54) is 0 Å². The van der Waals surface area contributed by atoms with Crippen LogP contribution in [0.5, 0.6) is 0 Å². The van der Waals surface area contributed by atoms with Crippen molar-refractivity contribution in [2.24, 2.45) is 0 Å². The van der Waals surface area contributed by atoms with Gasteiger partial charge in [-0.1, -0.05) is 0 Å². The van der Waals surface area contributed by atoms with E-state index in [-0.39, 0.29) is 5.70 Å². The molecule has 0 fully saturated rings. The molecule has 1 N–H and O–H groups in total. The van der Waals surface area contributed by atoms with Gasteiger partial charge in [-0.05, 0) is 5.87 Å². The predicted molar refractivity (Wildman–Crippen MR) is 23.9 cm³/mol. The average molecular weight is 94.1 g/mol. The van der Waals surface area contributed by atoms with Crippen LogP contribution in [0, 0.1) is 12.0 Å². The first-order chi connectivity index (χ1) is 3.35. The Morgan fingerprint density at radius 2 is 2.57 bits per heavy atom. The zero-order chi connectivity index (χ0) is 5.70. The minimum Gasteiger partial charge on any atom is -0.311 e. The maximum atomic E-state index is 9.53. The molecule has 0 aliphatic carbocycles. The van der Waals surface area contributed by atoms with Crippen molar-refractivity contribution in [1.29, 1.82) is 5.41 Å². The normalized spacial score (nSPS) is 5.57. The molecule has 0 aliphatic heterocycles. The van der Waals surface area contributed by atoms with Crippen LogP contribution in [-0.2, 0) is 4.79 Å². The van der Waals surface area contributed by atoms with Crippen molar-refractivity contribution in [1.82, 2.24) is 0 Å². The summed E-state index contributed by atoms with van der Waals surface area (Å²) in [5, 5.41) is 6.23. The summed E-state index contributed by atoms with van der Waals surface area (Å²) < 4.78 is 0. The van der Waals surface area contributed by atoms with Crippen molar-refractivity contribution in [3.8, 4) is 0 Å². The molecule has 34 valence electrons. The average Bonchev–Trinajstić information content (AvgIpc) is 1.72. The fourth-order valence-corrected chi connectivity index (χ4v) is 0.0838. The number of hydrogen-bond acceptors (Lipinski definition) is 2. The summed E-state index contributed by atoms with van der Waals surface area (Å²) in [6.07, 6.45) is 0.292. The van der Waals surface area contributed by atoms with Gasteiger partial charge < -0.3 is 4.79 Å². The summed E-state index contributed by atoms with van der Waals surface area (Å²) in [6.45, 7) is 6.13. The quantitative estimate of drug-likeness (QED) is 0.215. The minimum atomic E-state index is -0.292. The Kier molecular flexibility index (Phi) is 2.27. The van der Waals surface area contributed by atoms with Gasteiger partial charge in [0.2, 0.25) is 0 Å². The van der Waals surface area contributed by atoms with Gasteiger partial charge in [0, 0.05) is 0 Å². The number of hydrogen-bond donors (Lipinski definition) is 1. The van der Waals surface area contributed by atoms with Gasteiger partial charge in [-0.15, -0.1) is 0 Å². The van der Waals surface area contributed by atoms with Gasteiger partial charge in [0.25, 0.3) is 5.70 Å². The summed E-state index contributed by atoms with van der Waals surface area (Å²) in [4.78, 5) is 12.2. The van der Waals surface area contributed by atoms with Crippen molar-refractivity contribution >= 4 is 12.2 Å². The smallest absolute Gasteiger partial charge is 0.285 e. The topological polar surface area (TPSA) is 45.3 Å². The molecule has 0 bridgehead atoms. The van der Waals surface area contributed by atoms with E-state index in [4.69, 9.17) is 12.0 Å². The maximum absolute atomic E-state index is 9.53. The first-order valence-corrected chi connectivity index (χ1v) is 1.47. The highest BCUT2D eigenvalue weighted by Gasteiger charge is 1.83. The Balaban J connectivity index is 4.24. The van der Waals surface area contributed by atoms with Crippen LogP contribution in [0.15, 0.2) is 5.70 Å². The van der Waals surface area contributed by atoms with Gasteiger partial charge in [0.1, 0.15) is 0 Å². The van der Waals surface area contributed by atoms with Crippen LogP contribution in [-0.4, -0.2) is 12.2 Å². The molecule has 0 atom stereocenters. The fraction of sp³-hybridized carbons (Fsp3) is 0. The van der Waals surface area contributed by atoms with Gasteiger partial charge in [0.15, 0.2) is 6.29 Å². The van der Waals surface area contributed by atoms with E-state index < -0.39 is 0 Å². The Morgan fingerprint density at radius 3 is 2.57 bits per heavy atom. The standard InChI is InChI=1S/C4H2N2O/c1-6-4(2-5)3-7/h3,5H. The summed E-state index contributed by atoms with van der Waals surface area (Å²) >= 11 is 0. The molecule has 0 aliphatic rings. The monoisotopic (exact) mass is 94.0 g/mol. The number of carbonyl (C=O) groups excluding carboxylic acids is 1. The zero-order valence-electron chi connectivity index (χ0n) is 3.43. The molecule has 0 saturated heterocycles. The van der Waals surface area contributed by atoms with Crippen LogP contribution in [0.1, 0.15) is 0 Å². The van der Waals surface area contributed by atoms with E-state index >= 15 is 0 Å². The number of aldehydes is 1. The summed E-state index contributed by atoms with van der Waals surface area (Å²) in [5.74, 6) is 1.65. The molecule has 3 nitrogen and oxygen atoms in total. The van der Waals surface area contributed by atoms with Gasteiger partial charge in [-0.2, -0.15) is 0 Å². The third-order valence-corrected chi connectivity index (χ3v) is 0.360. The van der Waals surface area contributed by atoms with Gasteiger partial charge in [-0.3, -0.25) is 5.41 Å². The summed E-state index contributed by atoms with van der Waals surface area (Å²) in [5.41, 5.74) is -0.292. The van der Waals surface area contributed by atoms with Crippen LogP contribution in [0.2, 0.25) is 0 Å². The van der Waals surface area contributed by atoms with Crippen LogP contribution in [0.25, 0.3) is 4.85 Å². The predicted octanol–water partition coefficient (Wildman–Crippen LogP) is 0.237. The van der Waals surface area contributed by atoms with Crippen molar-refractivity contribution in [2.75, 3.05) is 0 Å². The Labute approximate surface area is 40.6 Å². The van der Waals surface area contributed by atoms with Crippen LogP contribution in [0.3, 0.4) is 0 Å². The van der Waals surface area contributed by atoms with E-state index in [1.807, 2.05) is 0 Å². The first-order valence-electron chi connectivity index (χ1n) is 1.47. The number of allylic oxidation sites excluding steroid dienone is 1.